The van der Waals surface area contributed by atoms with Crippen LogP contribution in [0.1, 0.15) is 26.3 Å². The van der Waals surface area contributed by atoms with Crippen LogP contribution in [0.25, 0.3) is 0 Å². The monoisotopic (exact) mass is 391 g/mol. The summed E-state index contributed by atoms with van der Waals surface area (Å²) in [4.78, 5) is 4.21. The third-order valence-corrected chi connectivity index (χ3v) is 2.58. The molecule has 0 aliphatic heterocycles. The van der Waals surface area contributed by atoms with Crippen molar-refractivity contribution in [2.45, 2.75) is 32.7 Å². The van der Waals surface area contributed by atoms with Gasteiger partial charge in [0.25, 0.3) is 0 Å². The Morgan fingerprint density at radius 1 is 1.20 bits per heavy atom. The zero-order valence-corrected chi connectivity index (χ0v) is 15.3. The summed E-state index contributed by atoms with van der Waals surface area (Å²) in [6.07, 6.45) is 0.953. The molecule has 4 nitrogen and oxygen atoms in total. The molecule has 20 heavy (non-hydrogen) atoms. The first kappa shape index (κ1) is 19.0. The maximum Gasteiger partial charge on any atom is 0.191 e. The van der Waals surface area contributed by atoms with E-state index in [1.54, 1.807) is 14.2 Å². The Balaban J connectivity index is 0.00000361. The largest absolute Gasteiger partial charge is 0.497 e. The standard InChI is InChI=1S/C15H25N3O.HI/c1-15(2,3)18-14(16-4)17-11-10-12-6-8-13(19-5)9-7-12;/h6-9H,10-11H2,1-5H3,(H2,16,17,18);1H. The molecule has 0 saturated carbocycles. The van der Waals surface area contributed by atoms with Crippen molar-refractivity contribution < 1.29 is 4.74 Å². The van der Waals surface area contributed by atoms with Gasteiger partial charge in [-0.15, -0.1) is 24.0 Å². The molecule has 0 unspecified atom stereocenters. The van der Waals surface area contributed by atoms with E-state index in [0.717, 1.165) is 24.7 Å². The lowest BCUT2D eigenvalue weighted by Gasteiger charge is -2.23. The van der Waals surface area contributed by atoms with Gasteiger partial charge in [0.15, 0.2) is 5.96 Å². The van der Waals surface area contributed by atoms with Gasteiger partial charge in [0.1, 0.15) is 5.75 Å². The summed E-state index contributed by atoms with van der Waals surface area (Å²) < 4.78 is 5.14. The summed E-state index contributed by atoms with van der Waals surface area (Å²) in [5.74, 6) is 1.72. The van der Waals surface area contributed by atoms with Crippen LogP contribution in [0.5, 0.6) is 5.75 Å². The molecule has 5 heteroatoms. The number of rotatable bonds is 4. The van der Waals surface area contributed by atoms with E-state index in [9.17, 15) is 0 Å². The highest BCUT2D eigenvalue weighted by atomic mass is 127. The first-order valence-corrected chi connectivity index (χ1v) is 6.56. The summed E-state index contributed by atoms with van der Waals surface area (Å²) >= 11 is 0. The zero-order chi connectivity index (χ0) is 14.3. The van der Waals surface area contributed by atoms with Gasteiger partial charge in [-0.05, 0) is 44.9 Å². The predicted octanol–water partition coefficient (Wildman–Crippen LogP) is 2.82. The van der Waals surface area contributed by atoms with Crippen molar-refractivity contribution in [1.82, 2.24) is 10.6 Å². The fraction of sp³-hybridized carbons (Fsp3) is 0.533. The molecule has 2 N–H and O–H groups in total. The van der Waals surface area contributed by atoms with Crippen molar-refractivity contribution >= 4 is 29.9 Å². The second-order valence-corrected chi connectivity index (χ2v) is 5.47. The molecule has 0 heterocycles. The molecule has 1 aromatic carbocycles. The number of nitrogens with zero attached hydrogens (tertiary/aromatic N) is 1. The van der Waals surface area contributed by atoms with Gasteiger partial charge < -0.3 is 15.4 Å². The Hall–Kier alpha value is -0.980. The highest BCUT2D eigenvalue weighted by Crippen LogP contribution is 2.11. The highest BCUT2D eigenvalue weighted by Gasteiger charge is 2.11. The minimum Gasteiger partial charge on any atom is -0.497 e. The maximum absolute atomic E-state index is 5.14. The lowest BCUT2D eigenvalue weighted by molar-refractivity contribution is 0.414. The van der Waals surface area contributed by atoms with Crippen molar-refractivity contribution in [3.8, 4) is 5.75 Å². The van der Waals surface area contributed by atoms with E-state index in [0.29, 0.717) is 0 Å². The summed E-state index contributed by atoms with van der Waals surface area (Å²) in [5, 5.41) is 6.64. The SMILES string of the molecule is CN=C(NCCc1ccc(OC)cc1)NC(C)(C)C.I. The van der Waals surface area contributed by atoms with Crippen LogP contribution in [0.3, 0.4) is 0 Å². The number of halogens is 1. The van der Waals surface area contributed by atoms with Gasteiger partial charge in [-0.25, -0.2) is 0 Å². The van der Waals surface area contributed by atoms with E-state index >= 15 is 0 Å². The van der Waals surface area contributed by atoms with E-state index < -0.39 is 0 Å². The van der Waals surface area contributed by atoms with E-state index in [-0.39, 0.29) is 29.5 Å². The van der Waals surface area contributed by atoms with Gasteiger partial charge in [-0.2, -0.15) is 0 Å². The fourth-order valence-electron chi connectivity index (χ4n) is 1.65. The number of methoxy groups -OCH3 is 1. The van der Waals surface area contributed by atoms with Crippen molar-refractivity contribution in [3.63, 3.8) is 0 Å². The Labute approximate surface area is 139 Å². The predicted molar refractivity (Wildman–Crippen MR) is 96.4 cm³/mol. The second-order valence-electron chi connectivity index (χ2n) is 5.47. The second kappa shape index (κ2) is 9.05. The summed E-state index contributed by atoms with van der Waals surface area (Å²) in [5.41, 5.74) is 1.29. The van der Waals surface area contributed by atoms with Gasteiger partial charge in [0.2, 0.25) is 0 Å². The van der Waals surface area contributed by atoms with Crippen LogP contribution in [0.4, 0.5) is 0 Å². The van der Waals surface area contributed by atoms with Gasteiger partial charge in [-0.1, -0.05) is 12.1 Å². The Morgan fingerprint density at radius 2 is 1.80 bits per heavy atom. The molecule has 0 aliphatic rings. The number of guanidine groups is 1. The van der Waals surface area contributed by atoms with Crippen LogP contribution in [0.2, 0.25) is 0 Å². The Kier molecular flexibility index (Phi) is 8.60. The van der Waals surface area contributed by atoms with Crippen LogP contribution >= 0.6 is 24.0 Å². The first-order valence-electron chi connectivity index (χ1n) is 6.56. The molecule has 1 aromatic rings. The van der Waals surface area contributed by atoms with Crippen LogP contribution < -0.4 is 15.4 Å². The third-order valence-electron chi connectivity index (χ3n) is 2.58. The van der Waals surface area contributed by atoms with Gasteiger partial charge >= 0.3 is 0 Å². The van der Waals surface area contributed by atoms with Crippen molar-refractivity contribution in [2.75, 3.05) is 20.7 Å². The molecular weight excluding hydrogens is 365 g/mol. The third kappa shape index (κ3) is 7.57. The quantitative estimate of drug-likeness (QED) is 0.472. The topological polar surface area (TPSA) is 45.7 Å². The number of hydrogen-bond donors (Lipinski definition) is 2. The van der Waals surface area contributed by atoms with Gasteiger partial charge in [0.05, 0.1) is 7.11 Å². The minimum atomic E-state index is 0. The van der Waals surface area contributed by atoms with Crippen LogP contribution in [0.15, 0.2) is 29.3 Å². The zero-order valence-electron chi connectivity index (χ0n) is 13.0. The fourth-order valence-corrected chi connectivity index (χ4v) is 1.65. The Bertz CT molecular complexity index is 410. The molecule has 114 valence electrons. The van der Waals surface area contributed by atoms with Crippen LogP contribution in [-0.4, -0.2) is 32.2 Å². The smallest absolute Gasteiger partial charge is 0.191 e. The van der Waals surface area contributed by atoms with E-state index in [2.05, 4.69) is 48.5 Å². The van der Waals surface area contributed by atoms with Crippen LogP contribution in [-0.2, 0) is 6.42 Å². The molecule has 0 aliphatic carbocycles. The summed E-state index contributed by atoms with van der Waals surface area (Å²) in [6, 6.07) is 8.13. The average Bonchev–Trinajstić information content (AvgIpc) is 2.37. The molecule has 0 aromatic heterocycles. The molecular formula is C15H26IN3O. The molecule has 0 amide bonds. The maximum atomic E-state index is 5.14. The average molecular weight is 391 g/mol. The summed E-state index contributed by atoms with van der Waals surface area (Å²) in [6.45, 7) is 7.19. The van der Waals surface area contributed by atoms with Gasteiger partial charge in [0, 0.05) is 19.1 Å². The molecule has 0 saturated heterocycles. The highest BCUT2D eigenvalue weighted by molar-refractivity contribution is 14.0. The van der Waals surface area contributed by atoms with Crippen LogP contribution in [0, 0.1) is 0 Å². The number of nitrogens with one attached hydrogen (secondary N) is 2. The van der Waals surface area contributed by atoms with Gasteiger partial charge in [-0.3, -0.25) is 4.99 Å². The number of hydrogen-bond acceptors (Lipinski definition) is 2. The van der Waals surface area contributed by atoms with Crippen molar-refractivity contribution in [2.24, 2.45) is 4.99 Å². The Morgan fingerprint density at radius 3 is 2.25 bits per heavy atom. The molecule has 0 fully saturated rings. The lowest BCUT2D eigenvalue weighted by Crippen LogP contribution is -2.48. The number of aliphatic imine (C=N–C) groups is 1. The number of benzene rings is 1. The molecule has 0 radical (unpaired) electrons. The van der Waals surface area contributed by atoms with E-state index in [1.807, 2.05) is 12.1 Å². The van der Waals surface area contributed by atoms with E-state index in [4.69, 9.17) is 4.74 Å². The van der Waals surface area contributed by atoms with Crippen molar-refractivity contribution in [3.05, 3.63) is 29.8 Å². The minimum absolute atomic E-state index is 0. The molecule has 0 atom stereocenters. The number of ether oxygens (including phenoxy) is 1. The van der Waals surface area contributed by atoms with Crippen molar-refractivity contribution in [1.29, 1.82) is 0 Å². The molecule has 0 spiro atoms. The lowest BCUT2D eigenvalue weighted by atomic mass is 10.1. The summed E-state index contributed by atoms with van der Waals surface area (Å²) in [7, 11) is 3.47. The normalized spacial score (nSPS) is 11.6. The molecule has 0 bridgehead atoms. The first-order chi connectivity index (χ1) is 8.94. The molecule has 1 rings (SSSR count). The van der Waals surface area contributed by atoms with E-state index in [1.165, 1.54) is 5.56 Å².